The molecule has 0 aliphatic carbocycles. The summed E-state index contributed by atoms with van der Waals surface area (Å²) >= 11 is 13.0. The first-order chi connectivity index (χ1) is 11.5. The molecule has 0 N–H and O–H groups in total. The van der Waals surface area contributed by atoms with Gasteiger partial charge in [-0.25, -0.2) is 0 Å². The molecule has 7 heteroatoms. The lowest BCUT2D eigenvalue weighted by Gasteiger charge is -2.07. The lowest BCUT2D eigenvalue weighted by molar-refractivity contribution is -0.122. The van der Waals surface area contributed by atoms with Crippen molar-refractivity contribution in [3.63, 3.8) is 0 Å². The van der Waals surface area contributed by atoms with Crippen LogP contribution in [0.25, 0.3) is 17.4 Å². The minimum absolute atomic E-state index is 0.184. The number of nitrogens with zero attached hydrogens (tertiary/aromatic N) is 1. The lowest BCUT2D eigenvalue weighted by atomic mass is 10.2. The average Bonchev–Trinajstić information content (AvgIpc) is 3.11. The summed E-state index contributed by atoms with van der Waals surface area (Å²) in [6, 6.07) is 8.50. The molecule has 1 aromatic heterocycles. The zero-order chi connectivity index (χ0) is 17.3. The summed E-state index contributed by atoms with van der Waals surface area (Å²) in [6.45, 7) is 3.72. The summed E-state index contributed by atoms with van der Waals surface area (Å²) in [5.74, 6) is 0.618. The van der Waals surface area contributed by atoms with E-state index in [1.165, 1.54) is 12.2 Å². The summed E-state index contributed by atoms with van der Waals surface area (Å²) in [4.78, 5) is 25.4. The molecule has 2 heterocycles. The Morgan fingerprint density at radius 3 is 2.75 bits per heavy atom. The Labute approximate surface area is 152 Å². The van der Waals surface area contributed by atoms with Crippen LogP contribution < -0.4 is 0 Å². The van der Waals surface area contributed by atoms with Crippen molar-refractivity contribution in [1.29, 1.82) is 0 Å². The lowest BCUT2D eigenvalue weighted by Crippen LogP contribution is -2.27. The first-order valence-corrected chi connectivity index (χ1v) is 8.48. The summed E-state index contributed by atoms with van der Waals surface area (Å²) in [6.07, 6.45) is 3.04. The van der Waals surface area contributed by atoms with Crippen LogP contribution in [-0.2, 0) is 4.79 Å². The number of amides is 2. The number of rotatable bonds is 4. The molecular formula is C17H11Cl2NO3S. The molecule has 122 valence electrons. The van der Waals surface area contributed by atoms with Crippen LogP contribution in [0.4, 0.5) is 4.79 Å². The number of hydrogen-bond donors (Lipinski definition) is 0. The number of carbonyl (C=O) groups is 2. The van der Waals surface area contributed by atoms with Crippen molar-refractivity contribution in [2.75, 3.05) is 6.54 Å². The van der Waals surface area contributed by atoms with Crippen LogP contribution >= 0.6 is 35.0 Å². The van der Waals surface area contributed by atoms with Crippen LogP contribution in [-0.4, -0.2) is 22.6 Å². The second kappa shape index (κ2) is 6.89. The van der Waals surface area contributed by atoms with E-state index in [-0.39, 0.29) is 17.7 Å². The summed E-state index contributed by atoms with van der Waals surface area (Å²) < 4.78 is 5.71. The number of benzene rings is 1. The Hall–Kier alpha value is -1.95. The summed E-state index contributed by atoms with van der Waals surface area (Å²) in [7, 11) is 0. The van der Waals surface area contributed by atoms with E-state index in [2.05, 4.69) is 6.58 Å². The largest absolute Gasteiger partial charge is 0.457 e. The van der Waals surface area contributed by atoms with Gasteiger partial charge in [-0.05, 0) is 42.1 Å². The van der Waals surface area contributed by atoms with Gasteiger partial charge in [0.05, 0.1) is 9.93 Å². The Kier molecular flexibility index (Phi) is 4.85. The molecular weight excluding hydrogens is 369 g/mol. The molecule has 0 spiro atoms. The highest BCUT2D eigenvalue weighted by Gasteiger charge is 2.34. The molecule has 2 amide bonds. The molecule has 2 aromatic rings. The Balaban J connectivity index is 1.89. The maximum atomic E-state index is 12.2. The van der Waals surface area contributed by atoms with Gasteiger partial charge in [0.2, 0.25) is 0 Å². The molecule has 3 rings (SSSR count). The average molecular weight is 380 g/mol. The predicted molar refractivity (Wildman–Crippen MR) is 97.0 cm³/mol. The Bertz CT molecular complexity index is 872. The zero-order valence-corrected chi connectivity index (χ0v) is 14.6. The molecule has 0 bridgehead atoms. The van der Waals surface area contributed by atoms with Gasteiger partial charge in [-0.2, -0.15) is 0 Å². The van der Waals surface area contributed by atoms with Gasteiger partial charge < -0.3 is 4.42 Å². The molecule has 0 saturated carbocycles. The number of thioether (sulfide) groups is 1. The van der Waals surface area contributed by atoms with Gasteiger partial charge in [-0.15, -0.1) is 6.58 Å². The minimum atomic E-state index is -0.358. The maximum Gasteiger partial charge on any atom is 0.293 e. The molecule has 1 aromatic carbocycles. The monoisotopic (exact) mass is 379 g/mol. The van der Waals surface area contributed by atoms with Crippen molar-refractivity contribution in [3.8, 4) is 11.3 Å². The van der Waals surface area contributed by atoms with Crippen LogP contribution in [0.3, 0.4) is 0 Å². The number of hydrogen-bond acceptors (Lipinski definition) is 4. The van der Waals surface area contributed by atoms with Gasteiger partial charge in [-0.1, -0.05) is 29.3 Å². The highest BCUT2D eigenvalue weighted by atomic mass is 35.5. The number of halogens is 2. The highest BCUT2D eigenvalue weighted by Crippen LogP contribution is 2.35. The van der Waals surface area contributed by atoms with E-state index < -0.39 is 0 Å². The van der Waals surface area contributed by atoms with Crippen molar-refractivity contribution in [2.45, 2.75) is 0 Å². The number of furan rings is 1. The van der Waals surface area contributed by atoms with Crippen molar-refractivity contribution < 1.29 is 14.0 Å². The Morgan fingerprint density at radius 1 is 1.21 bits per heavy atom. The fraction of sp³-hybridized carbons (Fsp3) is 0.0588. The second-order valence-electron chi connectivity index (χ2n) is 4.91. The fourth-order valence-electron chi connectivity index (χ4n) is 2.18. The van der Waals surface area contributed by atoms with Crippen molar-refractivity contribution in [1.82, 2.24) is 4.90 Å². The van der Waals surface area contributed by atoms with Gasteiger partial charge in [-0.3, -0.25) is 14.5 Å². The van der Waals surface area contributed by atoms with E-state index in [4.69, 9.17) is 27.6 Å². The van der Waals surface area contributed by atoms with Crippen molar-refractivity contribution in [3.05, 3.63) is 63.7 Å². The van der Waals surface area contributed by atoms with Crippen molar-refractivity contribution >= 4 is 52.2 Å². The van der Waals surface area contributed by atoms with E-state index >= 15 is 0 Å². The van der Waals surface area contributed by atoms with E-state index in [0.717, 1.165) is 16.7 Å². The van der Waals surface area contributed by atoms with Gasteiger partial charge >= 0.3 is 0 Å². The molecule has 0 radical (unpaired) electrons. The van der Waals surface area contributed by atoms with Gasteiger partial charge in [0.1, 0.15) is 11.5 Å². The third-order valence-corrected chi connectivity index (χ3v) is 4.75. The standard InChI is InChI=1S/C17H11Cl2NO3S/c1-2-7-20-16(21)15(24-17(20)22)9-11-4-6-14(23-11)12-8-10(18)3-5-13(12)19/h2-6,8-9H,1,7H2/b15-9+. The summed E-state index contributed by atoms with van der Waals surface area (Å²) in [5.41, 5.74) is 0.656. The van der Waals surface area contributed by atoms with Crippen LogP contribution in [0.1, 0.15) is 5.76 Å². The maximum absolute atomic E-state index is 12.2. The molecule has 1 aliphatic rings. The van der Waals surface area contributed by atoms with Gasteiger partial charge in [0, 0.05) is 23.2 Å². The van der Waals surface area contributed by atoms with Crippen molar-refractivity contribution in [2.24, 2.45) is 0 Å². The molecule has 0 unspecified atom stereocenters. The smallest absolute Gasteiger partial charge is 0.293 e. The first-order valence-electron chi connectivity index (χ1n) is 6.91. The topological polar surface area (TPSA) is 50.5 Å². The normalized spacial score (nSPS) is 16.2. The van der Waals surface area contributed by atoms with Crippen LogP contribution in [0.2, 0.25) is 10.0 Å². The SMILES string of the molecule is C=CCN1C(=O)S/C(=C/c2ccc(-c3cc(Cl)ccc3Cl)o2)C1=O. The molecule has 1 fully saturated rings. The minimum Gasteiger partial charge on any atom is -0.457 e. The summed E-state index contributed by atoms with van der Waals surface area (Å²) in [5, 5.41) is 0.723. The molecule has 24 heavy (non-hydrogen) atoms. The molecule has 0 atom stereocenters. The zero-order valence-electron chi connectivity index (χ0n) is 12.3. The molecule has 4 nitrogen and oxygen atoms in total. The Morgan fingerprint density at radius 2 is 2.00 bits per heavy atom. The van der Waals surface area contributed by atoms with Crippen LogP contribution in [0.15, 0.2) is 52.3 Å². The third-order valence-electron chi connectivity index (χ3n) is 3.28. The molecule has 1 saturated heterocycles. The number of imide groups is 1. The van der Waals surface area contributed by atoms with E-state index in [1.54, 1.807) is 30.3 Å². The highest BCUT2D eigenvalue weighted by molar-refractivity contribution is 8.18. The van der Waals surface area contributed by atoms with Crippen LogP contribution in [0, 0.1) is 0 Å². The van der Waals surface area contributed by atoms with Gasteiger partial charge in [0.15, 0.2) is 0 Å². The third kappa shape index (κ3) is 3.29. The first kappa shape index (κ1) is 16.9. The quantitative estimate of drug-likeness (QED) is 0.521. The van der Waals surface area contributed by atoms with E-state index in [1.807, 2.05) is 0 Å². The second-order valence-corrected chi connectivity index (χ2v) is 6.74. The van der Waals surface area contributed by atoms with E-state index in [9.17, 15) is 9.59 Å². The molecule has 1 aliphatic heterocycles. The number of carbonyl (C=O) groups excluding carboxylic acids is 2. The van der Waals surface area contributed by atoms with E-state index in [0.29, 0.717) is 32.0 Å². The van der Waals surface area contributed by atoms with Gasteiger partial charge in [0.25, 0.3) is 11.1 Å². The van der Waals surface area contributed by atoms with Crippen LogP contribution in [0.5, 0.6) is 0 Å². The predicted octanol–water partition coefficient (Wildman–Crippen LogP) is 5.48. The fourth-order valence-corrected chi connectivity index (χ4v) is 3.39.